The highest BCUT2D eigenvalue weighted by molar-refractivity contribution is 9.10. The quantitative estimate of drug-likeness (QED) is 0.759. The molecule has 0 radical (unpaired) electrons. The topological polar surface area (TPSA) is 57.6 Å². The number of hydrogen-bond acceptors (Lipinski definition) is 3. The van der Waals surface area contributed by atoms with Gasteiger partial charge in [0.15, 0.2) is 0 Å². The van der Waals surface area contributed by atoms with Crippen molar-refractivity contribution in [2.75, 3.05) is 13.1 Å². The van der Waals surface area contributed by atoms with Crippen molar-refractivity contribution in [2.45, 2.75) is 31.8 Å². The number of rotatable bonds is 7. The molecule has 0 fully saturated rings. The standard InChI is InChI=1S/C14H20BrNO3S/c1-4-6-16(7-5-2)20(18,19)14-9-12(10-17)8-13(15)11(14)3/h4,8-9,17H,1,5-7,10H2,2-3H3. The first-order valence-electron chi connectivity index (χ1n) is 6.39. The molecule has 0 amide bonds. The molecular weight excluding hydrogens is 342 g/mol. The van der Waals surface area contributed by atoms with Crippen LogP contribution in [0.1, 0.15) is 24.5 Å². The third-order valence-corrected chi connectivity index (χ3v) is 5.78. The number of halogens is 1. The Morgan fingerprint density at radius 3 is 2.60 bits per heavy atom. The molecule has 20 heavy (non-hydrogen) atoms. The number of aliphatic hydroxyl groups excluding tert-OH is 1. The molecule has 0 bridgehead atoms. The lowest BCUT2D eigenvalue weighted by atomic mass is 10.2. The molecule has 0 saturated carbocycles. The van der Waals surface area contributed by atoms with Crippen LogP contribution in [0.2, 0.25) is 0 Å². The van der Waals surface area contributed by atoms with Crippen LogP contribution < -0.4 is 0 Å². The number of benzene rings is 1. The van der Waals surface area contributed by atoms with Gasteiger partial charge in [0.2, 0.25) is 10.0 Å². The van der Waals surface area contributed by atoms with Gasteiger partial charge in [-0.3, -0.25) is 0 Å². The van der Waals surface area contributed by atoms with Crippen molar-refractivity contribution in [2.24, 2.45) is 0 Å². The smallest absolute Gasteiger partial charge is 0.243 e. The molecule has 0 aliphatic rings. The van der Waals surface area contributed by atoms with Crippen molar-refractivity contribution in [3.8, 4) is 0 Å². The van der Waals surface area contributed by atoms with Crippen LogP contribution in [-0.4, -0.2) is 30.9 Å². The van der Waals surface area contributed by atoms with Gasteiger partial charge in [-0.1, -0.05) is 28.9 Å². The summed E-state index contributed by atoms with van der Waals surface area (Å²) >= 11 is 3.34. The molecular formula is C14H20BrNO3S. The van der Waals surface area contributed by atoms with Crippen LogP contribution in [0.15, 0.2) is 34.2 Å². The Morgan fingerprint density at radius 1 is 1.45 bits per heavy atom. The van der Waals surface area contributed by atoms with Gasteiger partial charge < -0.3 is 5.11 Å². The Bertz CT molecular complexity index is 584. The predicted octanol–water partition coefficient (Wildman–Crippen LogP) is 2.84. The minimum atomic E-state index is -3.59. The summed E-state index contributed by atoms with van der Waals surface area (Å²) < 4.78 is 27.5. The fourth-order valence-electron chi connectivity index (χ4n) is 1.91. The summed E-state index contributed by atoms with van der Waals surface area (Å²) in [5.74, 6) is 0. The van der Waals surface area contributed by atoms with E-state index in [1.54, 1.807) is 19.1 Å². The zero-order valence-electron chi connectivity index (χ0n) is 11.8. The maximum absolute atomic E-state index is 12.7. The molecule has 112 valence electrons. The first-order chi connectivity index (χ1) is 9.38. The first-order valence-corrected chi connectivity index (χ1v) is 8.62. The van der Waals surface area contributed by atoms with Crippen LogP contribution in [0.3, 0.4) is 0 Å². The molecule has 0 atom stereocenters. The summed E-state index contributed by atoms with van der Waals surface area (Å²) in [6.07, 6.45) is 2.31. The van der Waals surface area contributed by atoms with Gasteiger partial charge in [-0.05, 0) is 36.6 Å². The Kier molecular flexibility index (Phi) is 6.39. The van der Waals surface area contributed by atoms with Crippen LogP contribution >= 0.6 is 15.9 Å². The lowest BCUT2D eigenvalue weighted by Gasteiger charge is -2.22. The van der Waals surface area contributed by atoms with Crippen molar-refractivity contribution < 1.29 is 13.5 Å². The van der Waals surface area contributed by atoms with E-state index < -0.39 is 10.0 Å². The third-order valence-electron chi connectivity index (χ3n) is 2.96. The Morgan fingerprint density at radius 2 is 2.10 bits per heavy atom. The lowest BCUT2D eigenvalue weighted by molar-refractivity contribution is 0.281. The maximum Gasteiger partial charge on any atom is 0.243 e. The van der Waals surface area contributed by atoms with Gasteiger partial charge in [-0.25, -0.2) is 8.42 Å². The average molecular weight is 362 g/mol. The highest BCUT2D eigenvalue weighted by Crippen LogP contribution is 2.28. The van der Waals surface area contributed by atoms with Crippen LogP contribution in [0.25, 0.3) is 0 Å². The monoisotopic (exact) mass is 361 g/mol. The van der Waals surface area contributed by atoms with Crippen molar-refractivity contribution in [3.05, 3.63) is 40.4 Å². The van der Waals surface area contributed by atoms with Gasteiger partial charge in [0.05, 0.1) is 11.5 Å². The number of aliphatic hydroxyl groups is 1. The van der Waals surface area contributed by atoms with Gasteiger partial charge in [0.1, 0.15) is 0 Å². The number of sulfonamides is 1. The van der Waals surface area contributed by atoms with E-state index in [4.69, 9.17) is 0 Å². The first kappa shape index (κ1) is 17.4. The largest absolute Gasteiger partial charge is 0.392 e. The summed E-state index contributed by atoms with van der Waals surface area (Å²) in [5, 5.41) is 9.24. The Balaban J connectivity index is 3.39. The van der Waals surface area contributed by atoms with Crippen LogP contribution in [-0.2, 0) is 16.6 Å². The van der Waals surface area contributed by atoms with Crippen LogP contribution in [0.4, 0.5) is 0 Å². The molecule has 1 aromatic rings. The van der Waals surface area contributed by atoms with E-state index in [9.17, 15) is 13.5 Å². The zero-order valence-corrected chi connectivity index (χ0v) is 14.2. The van der Waals surface area contributed by atoms with Gasteiger partial charge in [0, 0.05) is 17.6 Å². The van der Waals surface area contributed by atoms with E-state index in [0.29, 0.717) is 22.1 Å². The second kappa shape index (κ2) is 7.36. The Labute approximate surface area is 129 Å². The normalized spacial score (nSPS) is 11.8. The van der Waals surface area contributed by atoms with E-state index >= 15 is 0 Å². The summed E-state index contributed by atoms with van der Waals surface area (Å²) in [5.41, 5.74) is 1.21. The van der Waals surface area contributed by atoms with Crippen molar-refractivity contribution in [3.63, 3.8) is 0 Å². The fraction of sp³-hybridized carbons (Fsp3) is 0.429. The minimum Gasteiger partial charge on any atom is -0.392 e. The molecule has 0 unspecified atom stereocenters. The second-order valence-electron chi connectivity index (χ2n) is 4.51. The van der Waals surface area contributed by atoms with Crippen LogP contribution in [0.5, 0.6) is 0 Å². The van der Waals surface area contributed by atoms with E-state index in [0.717, 1.165) is 6.42 Å². The molecule has 0 aliphatic carbocycles. The van der Waals surface area contributed by atoms with Crippen molar-refractivity contribution in [1.82, 2.24) is 4.31 Å². The molecule has 4 nitrogen and oxygen atoms in total. The van der Waals surface area contributed by atoms with Crippen molar-refractivity contribution >= 4 is 26.0 Å². The molecule has 0 spiro atoms. The maximum atomic E-state index is 12.7. The summed E-state index contributed by atoms with van der Waals surface area (Å²) in [6, 6.07) is 3.26. The Hall–Kier alpha value is -0.690. The van der Waals surface area contributed by atoms with E-state index in [1.807, 2.05) is 6.92 Å². The van der Waals surface area contributed by atoms with E-state index in [1.165, 1.54) is 10.4 Å². The number of nitrogens with zero attached hydrogens (tertiary/aromatic N) is 1. The molecule has 1 aromatic carbocycles. The fourth-order valence-corrected chi connectivity index (χ4v) is 4.35. The minimum absolute atomic E-state index is 0.198. The van der Waals surface area contributed by atoms with Gasteiger partial charge in [0.25, 0.3) is 0 Å². The predicted molar refractivity (Wildman–Crippen MR) is 84.0 cm³/mol. The molecule has 0 heterocycles. The highest BCUT2D eigenvalue weighted by atomic mass is 79.9. The SMILES string of the molecule is C=CCN(CCC)S(=O)(=O)c1cc(CO)cc(Br)c1C. The zero-order chi connectivity index (χ0) is 15.3. The molecule has 0 saturated heterocycles. The molecule has 0 aliphatic heterocycles. The summed E-state index contributed by atoms with van der Waals surface area (Å²) in [7, 11) is -3.59. The summed E-state index contributed by atoms with van der Waals surface area (Å²) in [6.45, 7) is 7.80. The second-order valence-corrected chi connectivity index (χ2v) is 7.27. The summed E-state index contributed by atoms with van der Waals surface area (Å²) in [4.78, 5) is 0.228. The van der Waals surface area contributed by atoms with Gasteiger partial charge in [-0.15, -0.1) is 6.58 Å². The molecule has 6 heteroatoms. The molecule has 0 aromatic heterocycles. The molecule has 1 N–H and O–H groups in total. The van der Waals surface area contributed by atoms with E-state index in [2.05, 4.69) is 22.5 Å². The molecule has 1 rings (SSSR count). The average Bonchev–Trinajstić information content (AvgIpc) is 2.41. The van der Waals surface area contributed by atoms with Gasteiger partial charge in [-0.2, -0.15) is 4.31 Å². The van der Waals surface area contributed by atoms with E-state index in [-0.39, 0.29) is 18.0 Å². The van der Waals surface area contributed by atoms with Gasteiger partial charge >= 0.3 is 0 Å². The van der Waals surface area contributed by atoms with Crippen molar-refractivity contribution in [1.29, 1.82) is 0 Å². The number of hydrogen-bond donors (Lipinski definition) is 1. The highest BCUT2D eigenvalue weighted by Gasteiger charge is 2.25. The van der Waals surface area contributed by atoms with Crippen LogP contribution in [0, 0.1) is 6.92 Å². The third kappa shape index (κ3) is 3.69. The lowest BCUT2D eigenvalue weighted by Crippen LogP contribution is -2.32.